The fraction of sp³-hybridized carbons (Fsp3) is 0. The van der Waals surface area contributed by atoms with Crippen molar-refractivity contribution in [2.24, 2.45) is 16.0 Å². The van der Waals surface area contributed by atoms with E-state index >= 15 is 0 Å². The minimum absolute atomic E-state index is 0.0281. The second-order valence-electron chi connectivity index (χ2n) is 5.58. The summed E-state index contributed by atoms with van der Waals surface area (Å²) in [6.07, 6.45) is 0. The summed E-state index contributed by atoms with van der Waals surface area (Å²) < 4.78 is 27.3. The zero-order valence-electron chi connectivity index (χ0n) is 14.1. The molecule has 0 aromatic heterocycles. The standard InChI is InChI=1S/C19H16N4O3S/c20-19(24)14-6-12-18(13-7-14)27(25,26)23-17-10-8-16(9-11-17)22-21-15-4-2-1-3-5-15/h1-13,23H,(H2,20,24). The molecular formula is C19H16N4O3S. The lowest BCUT2D eigenvalue weighted by molar-refractivity contribution is 0.1000. The molecule has 3 aromatic rings. The minimum atomic E-state index is -3.78. The summed E-state index contributed by atoms with van der Waals surface area (Å²) in [5.41, 5.74) is 7.09. The van der Waals surface area contributed by atoms with Crippen LogP contribution in [-0.4, -0.2) is 14.3 Å². The van der Waals surface area contributed by atoms with E-state index in [2.05, 4.69) is 15.0 Å². The maximum atomic E-state index is 12.4. The maximum Gasteiger partial charge on any atom is 0.261 e. The third-order valence-electron chi connectivity index (χ3n) is 3.61. The molecule has 3 N–H and O–H groups in total. The number of rotatable bonds is 6. The van der Waals surface area contributed by atoms with Crippen LogP contribution in [0.5, 0.6) is 0 Å². The van der Waals surface area contributed by atoms with Crippen LogP contribution in [0.1, 0.15) is 10.4 Å². The van der Waals surface area contributed by atoms with Gasteiger partial charge in [0.25, 0.3) is 10.0 Å². The van der Waals surface area contributed by atoms with Gasteiger partial charge in [0, 0.05) is 11.3 Å². The van der Waals surface area contributed by atoms with Crippen molar-refractivity contribution in [3.05, 3.63) is 84.4 Å². The molecule has 1 amide bonds. The predicted molar refractivity (Wildman–Crippen MR) is 103 cm³/mol. The first-order valence-corrected chi connectivity index (χ1v) is 9.42. The van der Waals surface area contributed by atoms with E-state index in [0.717, 1.165) is 5.69 Å². The van der Waals surface area contributed by atoms with Crippen LogP contribution in [0.3, 0.4) is 0 Å². The molecule has 0 heterocycles. The zero-order chi connectivity index (χ0) is 19.3. The molecule has 0 aliphatic rings. The molecule has 27 heavy (non-hydrogen) atoms. The average molecular weight is 380 g/mol. The van der Waals surface area contributed by atoms with Gasteiger partial charge >= 0.3 is 0 Å². The van der Waals surface area contributed by atoms with Crippen molar-refractivity contribution in [2.45, 2.75) is 4.90 Å². The van der Waals surface area contributed by atoms with E-state index in [4.69, 9.17) is 5.73 Å². The quantitative estimate of drug-likeness (QED) is 0.630. The summed E-state index contributed by atoms with van der Waals surface area (Å²) in [7, 11) is -3.78. The van der Waals surface area contributed by atoms with Gasteiger partial charge in [-0.1, -0.05) is 18.2 Å². The first kappa shape index (κ1) is 18.3. The van der Waals surface area contributed by atoms with E-state index in [9.17, 15) is 13.2 Å². The number of hydrogen-bond acceptors (Lipinski definition) is 5. The van der Waals surface area contributed by atoms with Crippen LogP contribution < -0.4 is 10.5 Å². The minimum Gasteiger partial charge on any atom is -0.366 e. The van der Waals surface area contributed by atoms with Gasteiger partial charge in [-0.3, -0.25) is 9.52 Å². The van der Waals surface area contributed by atoms with Gasteiger partial charge in [-0.2, -0.15) is 10.2 Å². The molecule has 3 aromatic carbocycles. The zero-order valence-corrected chi connectivity index (χ0v) is 14.9. The number of nitrogens with zero attached hydrogens (tertiary/aromatic N) is 2. The van der Waals surface area contributed by atoms with Crippen molar-refractivity contribution in [1.29, 1.82) is 0 Å². The number of nitrogens with two attached hydrogens (primary N) is 1. The molecule has 0 aliphatic heterocycles. The summed E-state index contributed by atoms with van der Waals surface area (Å²) in [4.78, 5) is 11.1. The molecule has 0 unspecified atom stereocenters. The third-order valence-corrected chi connectivity index (χ3v) is 5.00. The number of sulfonamides is 1. The highest BCUT2D eigenvalue weighted by molar-refractivity contribution is 7.92. The molecule has 8 heteroatoms. The van der Waals surface area contributed by atoms with E-state index in [1.54, 1.807) is 24.3 Å². The Morgan fingerprint density at radius 2 is 1.33 bits per heavy atom. The van der Waals surface area contributed by atoms with E-state index < -0.39 is 15.9 Å². The topological polar surface area (TPSA) is 114 Å². The number of primary amides is 1. The smallest absolute Gasteiger partial charge is 0.261 e. The molecule has 7 nitrogen and oxygen atoms in total. The molecule has 0 fully saturated rings. The molecule has 0 saturated heterocycles. The molecule has 0 spiro atoms. The van der Waals surface area contributed by atoms with Crippen LogP contribution in [0.4, 0.5) is 17.1 Å². The number of nitrogens with one attached hydrogen (secondary N) is 1. The highest BCUT2D eigenvalue weighted by atomic mass is 32.2. The Bertz CT molecular complexity index is 1060. The van der Waals surface area contributed by atoms with Crippen molar-refractivity contribution in [2.75, 3.05) is 4.72 Å². The van der Waals surface area contributed by atoms with Crippen LogP contribution in [0.15, 0.2) is 94.0 Å². The number of azo groups is 1. The predicted octanol–water partition coefficient (Wildman–Crippen LogP) is 4.00. The second-order valence-corrected chi connectivity index (χ2v) is 7.26. The first-order chi connectivity index (χ1) is 12.9. The van der Waals surface area contributed by atoms with Gasteiger partial charge in [-0.15, -0.1) is 0 Å². The van der Waals surface area contributed by atoms with Crippen LogP contribution in [0.2, 0.25) is 0 Å². The lowest BCUT2D eigenvalue weighted by atomic mass is 10.2. The van der Waals surface area contributed by atoms with E-state index in [0.29, 0.717) is 11.4 Å². The molecule has 0 saturated carbocycles. The fourth-order valence-electron chi connectivity index (χ4n) is 2.22. The number of amides is 1. The van der Waals surface area contributed by atoms with Crippen molar-refractivity contribution >= 4 is 33.0 Å². The molecule has 0 bridgehead atoms. The Kier molecular flexibility index (Phi) is 5.28. The molecule has 136 valence electrons. The van der Waals surface area contributed by atoms with Crippen molar-refractivity contribution in [3.8, 4) is 0 Å². The average Bonchev–Trinajstić information content (AvgIpc) is 2.68. The SMILES string of the molecule is NC(=O)c1ccc(S(=O)(=O)Nc2ccc(N=Nc3ccccc3)cc2)cc1. The van der Waals surface area contributed by atoms with Gasteiger partial charge in [-0.25, -0.2) is 8.42 Å². The maximum absolute atomic E-state index is 12.4. The third kappa shape index (κ3) is 4.77. The summed E-state index contributed by atoms with van der Waals surface area (Å²) in [6, 6.07) is 21.1. The second kappa shape index (κ2) is 7.79. The van der Waals surface area contributed by atoms with E-state index in [-0.39, 0.29) is 10.5 Å². The summed E-state index contributed by atoms with van der Waals surface area (Å²) in [5, 5.41) is 8.20. The number of carbonyl (C=O) groups excluding carboxylic acids is 1. The van der Waals surface area contributed by atoms with E-state index in [1.165, 1.54) is 24.3 Å². The Labute approximate surface area is 156 Å². The Morgan fingerprint density at radius 3 is 1.89 bits per heavy atom. The van der Waals surface area contributed by atoms with Crippen LogP contribution in [0, 0.1) is 0 Å². The van der Waals surface area contributed by atoms with Gasteiger partial charge in [0.2, 0.25) is 5.91 Å². The van der Waals surface area contributed by atoms with Crippen molar-refractivity contribution in [3.63, 3.8) is 0 Å². The molecule has 0 radical (unpaired) electrons. The Hall–Kier alpha value is -3.52. The lowest BCUT2D eigenvalue weighted by Crippen LogP contribution is -2.14. The normalized spacial score (nSPS) is 11.4. The summed E-state index contributed by atoms with van der Waals surface area (Å²) >= 11 is 0. The Morgan fingerprint density at radius 1 is 0.778 bits per heavy atom. The highest BCUT2D eigenvalue weighted by Gasteiger charge is 2.14. The molecule has 0 atom stereocenters. The lowest BCUT2D eigenvalue weighted by Gasteiger charge is -2.08. The monoisotopic (exact) mass is 380 g/mol. The molecule has 0 aliphatic carbocycles. The Balaban J connectivity index is 1.71. The first-order valence-electron chi connectivity index (χ1n) is 7.94. The fourth-order valence-corrected chi connectivity index (χ4v) is 3.28. The summed E-state index contributed by atoms with van der Waals surface area (Å²) in [5.74, 6) is -0.618. The number of hydrogen-bond donors (Lipinski definition) is 2. The van der Waals surface area contributed by atoms with Crippen molar-refractivity contribution < 1.29 is 13.2 Å². The number of anilines is 1. The van der Waals surface area contributed by atoms with Crippen LogP contribution in [-0.2, 0) is 10.0 Å². The van der Waals surface area contributed by atoms with Gasteiger partial charge < -0.3 is 5.73 Å². The van der Waals surface area contributed by atoms with E-state index in [1.807, 2.05) is 30.3 Å². The van der Waals surface area contributed by atoms with Gasteiger partial charge in [0.1, 0.15) is 0 Å². The van der Waals surface area contributed by atoms with Gasteiger partial charge in [0.05, 0.1) is 16.3 Å². The van der Waals surface area contributed by atoms with Crippen LogP contribution >= 0.6 is 0 Å². The highest BCUT2D eigenvalue weighted by Crippen LogP contribution is 2.22. The largest absolute Gasteiger partial charge is 0.366 e. The van der Waals surface area contributed by atoms with Crippen molar-refractivity contribution in [1.82, 2.24) is 0 Å². The van der Waals surface area contributed by atoms with Crippen LogP contribution in [0.25, 0.3) is 0 Å². The molecular weight excluding hydrogens is 364 g/mol. The van der Waals surface area contributed by atoms with Gasteiger partial charge in [-0.05, 0) is 60.7 Å². The number of carbonyl (C=O) groups is 1. The number of benzene rings is 3. The molecule has 3 rings (SSSR count). The van der Waals surface area contributed by atoms with Gasteiger partial charge in [0.15, 0.2) is 0 Å². The summed E-state index contributed by atoms with van der Waals surface area (Å²) in [6.45, 7) is 0.